The Morgan fingerprint density at radius 3 is 2.46 bits per heavy atom. The third-order valence-electron chi connectivity index (χ3n) is 5.30. The van der Waals surface area contributed by atoms with Crippen LogP contribution in [0.15, 0.2) is 61.2 Å². The van der Waals surface area contributed by atoms with Crippen LogP contribution in [0, 0.1) is 5.82 Å². The first-order chi connectivity index (χ1) is 12.6. The lowest BCUT2D eigenvalue weighted by Gasteiger charge is -2.44. The summed E-state index contributed by atoms with van der Waals surface area (Å²) >= 11 is 0. The minimum absolute atomic E-state index is 0.229. The molecule has 1 aliphatic rings. The summed E-state index contributed by atoms with van der Waals surface area (Å²) in [4.78, 5) is 2.31. The predicted octanol–water partition coefficient (Wildman–Crippen LogP) is 5.05. The van der Waals surface area contributed by atoms with Gasteiger partial charge in [0.15, 0.2) is 0 Å². The summed E-state index contributed by atoms with van der Waals surface area (Å²) in [5, 5.41) is 0. The van der Waals surface area contributed by atoms with E-state index in [1.807, 2.05) is 30.3 Å². The molecule has 0 aliphatic carbocycles. The monoisotopic (exact) mass is 355 g/mol. The molecule has 0 radical (unpaired) electrons. The number of nitrogens with zero attached hydrogens (tertiary/aromatic N) is 1. The number of benzene rings is 2. The van der Waals surface area contributed by atoms with E-state index in [9.17, 15) is 4.39 Å². The zero-order valence-electron chi connectivity index (χ0n) is 15.5. The van der Waals surface area contributed by atoms with Crippen molar-refractivity contribution in [2.75, 3.05) is 20.4 Å². The molecular weight excluding hydrogens is 329 g/mol. The van der Waals surface area contributed by atoms with Crippen molar-refractivity contribution < 1.29 is 13.9 Å². The van der Waals surface area contributed by atoms with Gasteiger partial charge in [0.25, 0.3) is 0 Å². The second-order valence-corrected chi connectivity index (χ2v) is 6.78. The lowest BCUT2D eigenvalue weighted by molar-refractivity contribution is -0.152. The molecule has 0 unspecified atom stereocenters. The van der Waals surface area contributed by atoms with Gasteiger partial charge in [-0.15, -0.1) is 6.58 Å². The summed E-state index contributed by atoms with van der Waals surface area (Å²) < 4.78 is 24.9. The second kappa shape index (κ2) is 8.02. The molecule has 4 heteroatoms. The highest BCUT2D eigenvalue weighted by atomic mass is 19.1. The van der Waals surface area contributed by atoms with Crippen LogP contribution in [0.3, 0.4) is 0 Å². The summed E-state index contributed by atoms with van der Waals surface area (Å²) in [6.45, 7) is 7.49. The quantitative estimate of drug-likeness (QED) is 0.677. The maximum Gasteiger partial charge on any atom is 0.123 e. The van der Waals surface area contributed by atoms with Gasteiger partial charge in [-0.1, -0.05) is 30.3 Å². The molecule has 26 heavy (non-hydrogen) atoms. The van der Waals surface area contributed by atoms with Crippen LogP contribution in [0.5, 0.6) is 5.75 Å². The van der Waals surface area contributed by atoms with Crippen LogP contribution in [0.1, 0.15) is 36.9 Å². The van der Waals surface area contributed by atoms with Crippen molar-refractivity contribution in [3.63, 3.8) is 0 Å². The summed E-state index contributed by atoms with van der Waals surface area (Å²) in [5.74, 6) is 0.630. The van der Waals surface area contributed by atoms with Gasteiger partial charge >= 0.3 is 0 Å². The Balaban J connectivity index is 1.72. The Kier molecular flexibility index (Phi) is 5.74. The van der Waals surface area contributed by atoms with E-state index in [4.69, 9.17) is 9.47 Å². The number of methoxy groups -OCH3 is 1. The lowest BCUT2D eigenvalue weighted by Crippen LogP contribution is -2.45. The molecular formula is C22H26FNO2. The summed E-state index contributed by atoms with van der Waals surface area (Å²) in [6, 6.07) is 15.0. The zero-order valence-corrected chi connectivity index (χ0v) is 15.5. The van der Waals surface area contributed by atoms with E-state index in [0.29, 0.717) is 13.2 Å². The Bertz CT molecular complexity index is 719. The molecule has 138 valence electrons. The Morgan fingerprint density at radius 1 is 1.23 bits per heavy atom. The van der Waals surface area contributed by atoms with E-state index in [0.717, 1.165) is 24.3 Å². The number of halogens is 1. The lowest BCUT2D eigenvalue weighted by atomic mass is 9.85. The van der Waals surface area contributed by atoms with Crippen molar-refractivity contribution in [2.24, 2.45) is 0 Å². The first-order valence-corrected chi connectivity index (χ1v) is 8.97. The van der Waals surface area contributed by atoms with Gasteiger partial charge in [0.2, 0.25) is 0 Å². The van der Waals surface area contributed by atoms with Gasteiger partial charge in [0.05, 0.1) is 12.7 Å². The zero-order chi connectivity index (χ0) is 18.6. The van der Waals surface area contributed by atoms with E-state index < -0.39 is 5.60 Å². The summed E-state index contributed by atoms with van der Waals surface area (Å²) in [5.41, 5.74) is 1.81. The highest BCUT2D eigenvalue weighted by Gasteiger charge is 2.37. The molecule has 0 amide bonds. The van der Waals surface area contributed by atoms with E-state index >= 15 is 0 Å². The smallest absolute Gasteiger partial charge is 0.123 e. The topological polar surface area (TPSA) is 21.7 Å². The third-order valence-corrected chi connectivity index (χ3v) is 5.30. The fourth-order valence-corrected chi connectivity index (χ4v) is 3.56. The number of ether oxygens (including phenoxy) is 2. The molecule has 3 rings (SSSR count). The van der Waals surface area contributed by atoms with Crippen molar-refractivity contribution in [1.82, 2.24) is 4.90 Å². The highest BCUT2D eigenvalue weighted by molar-refractivity contribution is 5.29. The molecule has 0 saturated carbocycles. The molecule has 0 aromatic heterocycles. The van der Waals surface area contributed by atoms with E-state index in [-0.39, 0.29) is 11.9 Å². The molecule has 1 fully saturated rings. The van der Waals surface area contributed by atoms with E-state index in [1.165, 1.54) is 17.7 Å². The first-order valence-electron chi connectivity index (χ1n) is 8.97. The largest absolute Gasteiger partial charge is 0.497 e. The van der Waals surface area contributed by atoms with Gasteiger partial charge < -0.3 is 9.47 Å². The van der Waals surface area contributed by atoms with Crippen molar-refractivity contribution in [2.45, 2.75) is 31.4 Å². The Morgan fingerprint density at radius 2 is 1.92 bits per heavy atom. The van der Waals surface area contributed by atoms with Gasteiger partial charge in [-0.3, -0.25) is 4.90 Å². The molecule has 1 heterocycles. The van der Waals surface area contributed by atoms with Crippen molar-refractivity contribution in [3.05, 3.63) is 78.1 Å². The minimum Gasteiger partial charge on any atom is -0.497 e. The molecule has 2 aromatic rings. The van der Waals surface area contributed by atoms with Crippen LogP contribution in [0.4, 0.5) is 4.39 Å². The van der Waals surface area contributed by atoms with Crippen LogP contribution in [0.2, 0.25) is 0 Å². The van der Waals surface area contributed by atoms with Crippen LogP contribution in [-0.4, -0.2) is 25.3 Å². The van der Waals surface area contributed by atoms with Crippen LogP contribution in [0.25, 0.3) is 0 Å². The van der Waals surface area contributed by atoms with Crippen LogP contribution in [-0.2, 0) is 10.3 Å². The second-order valence-electron chi connectivity index (χ2n) is 6.78. The van der Waals surface area contributed by atoms with Gasteiger partial charge in [-0.05, 0) is 55.2 Å². The van der Waals surface area contributed by atoms with Crippen LogP contribution >= 0.6 is 0 Å². The van der Waals surface area contributed by atoms with Crippen molar-refractivity contribution in [1.29, 1.82) is 0 Å². The number of rotatable bonds is 6. The van der Waals surface area contributed by atoms with Gasteiger partial charge in [0.1, 0.15) is 18.3 Å². The minimum atomic E-state index is -0.425. The van der Waals surface area contributed by atoms with E-state index in [2.05, 4.69) is 30.5 Å². The fraction of sp³-hybridized carbons (Fsp3) is 0.364. The third kappa shape index (κ3) is 3.81. The SMILES string of the molecule is C=CC[C@]1(c2ccc(F)cc2)CCN([C@@H](C)c2ccc(OC)cc2)CO1. The van der Waals surface area contributed by atoms with Crippen molar-refractivity contribution in [3.8, 4) is 5.75 Å². The molecule has 1 saturated heterocycles. The first kappa shape index (κ1) is 18.6. The molecule has 2 atom stereocenters. The average Bonchev–Trinajstić information content (AvgIpc) is 2.69. The van der Waals surface area contributed by atoms with E-state index in [1.54, 1.807) is 7.11 Å². The highest BCUT2D eigenvalue weighted by Crippen LogP contribution is 2.39. The molecule has 3 nitrogen and oxygen atoms in total. The normalized spacial score (nSPS) is 22.0. The molecule has 1 aliphatic heterocycles. The van der Waals surface area contributed by atoms with Gasteiger partial charge in [-0.2, -0.15) is 0 Å². The van der Waals surface area contributed by atoms with Crippen molar-refractivity contribution >= 4 is 0 Å². The predicted molar refractivity (Wildman–Crippen MR) is 102 cm³/mol. The van der Waals surface area contributed by atoms with Gasteiger partial charge in [-0.25, -0.2) is 4.39 Å². The number of hydrogen-bond donors (Lipinski definition) is 0. The maximum absolute atomic E-state index is 13.3. The Hall–Kier alpha value is -2.17. The summed E-state index contributed by atoms with van der Waals surface area (Å²) in [7, 11) is 1.67. The van der Waals surface area contributed by atoms with Gasteiger partial charge in [0, 0.05) is 12.6 Å². The average molecular weight is 355 g/mol. The molecule has 0 bridgehead atoms. The molecule has 0 spiro atoms. The van der Waals surface area contributed by atoms with Crippen LogP contribution < -0.4 is 4.74 Å². The Labute approximate surface area is 155 Å². The molecule has 2 aromatic carbocycles. The number of hydrogen-bond acceptors (Lipinski definition) is 3. The maximum atomic E-state index is 13.3. The molecule has 0 N–H and O–H groups in total. The fourth-order valence-electron chi connectivity index (χ4n) is 3.56. The standard InChI is InChI=1S/C22H26FNO2/c1-4-13-22(19-7-9-20(23)10-8-19)14-15-24(16-26-22)17(2)18-5-11-21(25-3)12-6-18/h4-12,17H,1,13-16H2,2-3H3/t17-,22+/m0/s1. The summed E-state index contributed by atoms with van der Waals surface area (Å²) in [6.07, 6.45) is 3.43.